The molecule has 2 heteroatoms. The lowest BCUT2D eigenvalue weighted by molar-refractivity contribution is 0.155. The van der Waals surface area contributed by atoms with E-state index in [9.17, 15) is 0 Å². The van der Waals surface area contributed by atoms with Crippen molar-refractivity contribution in [3.05, 3.63) is 35.4 Å². The van der Waals surface area contributed by atoms with Crippen LogP contribution in [0.4, 0.5) is 0 Å². The summed E-state index contributed by atoms with van der Waals surface area (Å²) in [6.07, 6.45) is 2.29. The first-order chi connectivity index (χ1) is 9.36. The summed E-state index contributed by atoms with van der Waals surface area (Å²) in [6, 6.07) is 9.73. The molecule has 0 heterocycles. The van der Waals surface area contributed by atoms with E-state index in [1.807, 2.05) is 0 Å². The number of likely N-dealkylation sites (N-methyl/N-ethyl adjacent to an activating group) is 1. The Morgan fingerprint density at radius 1 is 1.05 bits per heavy atom. The van der Waals surface area contributed by atoms with Gasteiger partial charge in [-0.15, -0.1) is 0 Å². The first-order valence-electron chi connectivity index (χ1n) is 7.93. The van der Waals surface area contributed by atoms with Gasteiger partial charge in [0.2, 0.25) is 0 Å². The van der Waals surface area contributed by atoms with Crippen molar-refractivity contribution in [1.29, 1.82) is 0 Å². The van der Waals surface area contributed by atoms with Crippen LogP contribution in [0.1, 0.15) is 58.2 Å². The van der Waals surface area contributed by atoms with Crippen molar-refractivity contribution in [3.63, 3.8) is 0 Å². The number of benzene rings is 1. The van der Waals surface area contributed by atoms with Crippen molar-refractivity contribution in [2.45, 2.75) is 65.6 Å². The van der Waals surface area contributed by atoms with E-state index in [2.05, 4.69) is 70.8 Å². The second-order valence-corrected chi connectivity index (χ2v) is 6.51. The molecule has 0 aliphatic rings. The van der Waals surface area contributed by atoms with E-state index >= 15 is 0 Å². The topological polar surface area (TPSA) is 29.3 Å². The minimum atomic E-state index is 0.0699. The normalized spacial score (nSPS) is 16.4. The third kappa shape index (κ3) is 4.60. The van der Waals surface area contributed by atoms with Gasteiger partial charge < -0.3 is 5.73 Å². The van der Waals surface area contributed by atoms with Gasteiger partial charge in [0.1, 0.15) is 0 Å². The zero-order valence-electron chi connectivity index (χ0n) is 14.1. The smallest absolute Gasteiger partial charge is 0.0450 e. The zero-order valence-corrected chi connectivity index (χ0v) is 14.1. The molecule has 3 atom stereocenters. The molecular formula is C18H32N2. The summed E-state index contributed by atoms with van der Waals surface area (Å²) >= 11 is 0. The molecule has 1 rings (SSSR count). The highest BCUT2D eigenvalue weighted by molar-refractivity contribution is 5.25. The fraction of sp³-hybridized carbons (Fsp3) is 0.667. The van der Waals surface area contributed by atoms with Crippen molar-refractivity contribution in [1.82, 2.24) is 4.90 Å². The van der Waals surface area contributed by atoms with Crippen LogP contribution < -0.4 is 5.73 Å². The van der Waals surface area contributed by atoms with Crippen LogP contribution in [0.25, 0.3) is 0 Å². The first-order valence-corrected chi connectivity index (χ1v) is 7.93. The van der Waals surface area contributed by atoms with Gasteiger partial charge >= 0.3 is 0 Å². The molecule has 114 valence electrons. The molecule has 0 spiro atoms. The maximum absolute atomic E-state index is 6.46. The van der Waals surface area contributed by atoms with Crippen LogP contribution in [0.15, 0.2) is 24.3 Å². The lowest BCUT2D eigenvalue weighted by Gasteiger charge is -2.35. The summed E-state index contributed by atoms with van der Waals surface area (Å²) in [5, 5.41) is 0. The quantitative estimate of drug-likeness (QED) is 0.815. The van der Waals surface area contributed by atoms with Crippen molar-refractivity contribution in [2.24, 2.45) is 11.7 Å². The summed E-state index contributed by atoms with van der Waals surface area (Å²) in [4.78, 5) is 2.42. The summed E-state index contributed by atoms with van der Waals surface area (Å²) in [5.41, 5.74) is 9.06. The molecule has 0 bridgehead atoms. The van der Waals surface area contributed by atoms with E-state index in [1.165, 1.54) is 17.5 Å². The summed E-state index contributed by atoms with van der Waals surface area (Å²) < 4.78 is 0. The van der Waals surface area contributed by atoms with Gasteiger partial charge in [0.05, 0.1) is 0 Å². The van der Waals surface area contributed by atoms with Crippen molar-refractivity contribution < 1.29 is 0 Å². The zero-order chi connectivity index (χ0) is 15.3. The minimum absolute atomic E-state index is 0.0699. The van der Waals surface area contributed by atoms with E-state index in [0.717, 1.165) is 12.3 Å². The van der Waals surface area contributed by atoms with Crippen molar-refractivity contribution in [2.75, 3.05) is 7.05 Å². The Morgan fingerprint density at radius 2 is 1.60 bits per heavy atom. The van der Waals surface area contributed by atoms with E-state index in [1.54, 1.807) is 0 Å². The predicted octanol–water partition coefficient (Wildman–Crippen LogP) is 4.00. The molecular weight excluding hydrogens is 244 g/mol. The fourth-order valence-electron chi connectivity index (χ4n) is 2.76. The molecule has 3 unspecified atom stereocenters. The summed E-state index contributed by atoms with van der Waals surface area (Å²) in [7, 11) is 2.19. The number of hydrogen-bond donors (Lipinski definition) is 1. The van der Waals surface area contributed by atoms with E-state index in [4.69, 9.17) is 5.73 Å². The Bertz CT molecular complexity index is 383. The first kappa shape index (κ1) is 17.2. The molecule has 0 fully saturated rings. The second kappa shape index (κ2) is 7.80. The molecule has 1 aromatic carbocycles. The molecule has 0 saturated carbocycles. The van der Waals surface area contributed by atoms with Crippen molar-refractivity contribution in [3.8, 4) is 0 Å². The highest BCUT2D eigenvalue weighted by Gasteiger charge is 2.23. The van der Waals surface area contributed by atoms with Crippen LogP contribution in [-0.4, -0.2) is 24.0 Å². The predicted molar refractivity (Wildman–Crippen MR) is 88.9 cm³/mol. The van der Waals surface area contributed by atoms with Crippen LogP contribution in [-0.2, 0) is 6.42 Å². The van der Waals surface area contributed by atoms with Gasteiger partial charge in [-0.2, -0.15) is 0 Å². The maximum Gasteiger partial charge on any atom is 0.0450 e. The monoisotopic (exact) mass is 276 g/mol. The Kier molecular flexibility index (Phi) is 6.70. The average Bonchev–Trinajstić information content (AvgIpc) is 2.44. The van der Waals surface area contributed by atoms with Crippen LogP contribution in [0.3, 0.4) is 0 Å². The molecule has 0 aliphatic carbocycles. The Hall–Kier alpha value is -0.860. The van der Waals surface area contributed by atoms with E-state index < -0.39 is 0 Å². The fourth-order valence-corrected chi connectivity index (χ4v) is 2.76. The van der Waals surface area contributed by atoms with E-state index in [-0.39, 0.29) is 6.04 Å². The second-order valence-electron chi connectivity index (χ2n) is 6.51. The number of nitrogens with two attached hydrogens (primary N) is 1. The molecule has 0 radical (unpaired) electrons. The Labute approximate surface area is 125 Å². The van der Waals surface area contributed by atoms with Gasteiger partial charge in [-0.3, -0.25) is 4.90 Å². The molecule has 0 aliphatic heterocycles. The Balaban J connectivity index is 2.71. The molecule has 0 saturated heterocycles. The highest BCUT2D eigenvalue weighted by atomic mass is 15.2. The van der Waals surface area contributed by atoms with Gasteiger partial charge in [0.15, 0.2) is 0 Å². The molecule has 2 nitrogen and oxygen atoms in total. The number of nitrogens with zero attached hydrogens (tertiary/aromatic N) is 1. The van der Waals surface area contributed by atoms with E-state index in [0.29, 0.717) is 12.1 Å². The van der Waals surface area contributed by atoms with Crippen molar-refractivity contribution >= 4 is 0 Å². The SMILES string of the molecule is CCc1ccc(C(N)C(C)N(C)C(C)CC(C)C)cc1. The summed E-state index contributed by atoms with van der Waals surface area (Å²) in [6.45, 7) is 11.3. The van der Waals surface area contributed by atoms with Crippen LogP contribution >= 0.6 is 0 Å². The van der Waals surface area contributed by atoms with Gasteiger partial charge in [-0.1, -0.05) is 45.0 Å². The molecule has 0 amide bonds. The average molecular weight is 276 g/mol. The number of aryl methyl sites for hydroxylation is 1. The van der Waals surface area contributed by atoms with Gasteiger partial charge in [-0.05, 0) is 50.8 Å². The van der Waals surface area contributed by atoms with Crippen LogP contribution in [0.5, 0.6) is 0 Å². The number of hydrogen-bond acceptors (Lipinski definition) is 2. The lowest BCUT2D eigenvalue weighted by Crippen LogP contribution is -2.43. The molecule has 20 heavy (non-hydrogen) atoms. The Morgan fingerprint density at radius 3 is 2.05 bits per heavy atom. The van der Waals surface area contributed by atoms with Gasteiger partial charge in [-0.25, -0.2) is 0 Å². The summed E-state index contributed by atoms with van der Waals surface area (Å²) in [5.74, 6) is 0.722. The van der Waals surface area contributed by atoms with Gasteiger partial charge in [0, 0.05) is 18.1 Å². The lowest BCUT2D eigenvalue weighted by atomic mass is 9.96. The third-order valence-electron chi connectivity index (χ3n) is 4.44. The van der Waals surface area contributed by atoms with Crippen LogP contribution in [0, 0.1) is 5.92 Å². The van der Waals surface area contributed by atoms with Gasteiger partial charge in [0.25, 0.3) is 0 Å². The standard InChI is InChI=1S/C18H32N2/c1-7-16-8-10-17(11-9-16)18(19)15(5)20(6)14(4)12-13(2)3/h8-11,13-15,18H,7,12,19H2,1-6H3. The number of rotatable bonds is 7. The largest absolute Gasteiger partial charge is 0.323 e. The molecule has 2 N–H and O–H groups in total. The minimum Gasteiger partial charge on any atom is -0.323 e. The third-order valence-corrected chi connectivity index (χ3v) is 4.44. The molecule has 1 aromatic rings. The van der Waals surface area contributed by atoms with Crippen LogP contribution in [0.2, 0.25) is 0 Å². The highest BCUT2D eigenvalue weighted by Crippen LogP contribution is 2.22. The maximum atomic E-state index is 6.46. The molecule has 0 aromatic heterocycles.